The Morgan fingerprint density at radius 3 is 2.44 bits per heavy atom. The van der Waals surface area contributed by atoms with Crippen molar-refractivity contribution < 1.29 is 23.8 Å². The molecule has 25 heavy (non-hydrogen) atoms. The molecule has 1 aromatic rings. The highest BCUT2D eigenvalue weighted by molar-refractivity contribution is 5.99. The van der Waals surface area contributed by atoms with Gasteiger partial charge in [0.05, 0.1) is 13.7 Å². The standard InChI is InChI=1S/C19H29NO5/c1-6-11-19(4,25-12-7-2)18(22)20-14-9-10-16(23-5)15(13-14)17(21)24-8-3/h9-10,13H,6-8,11-12H2,1-5H3,(H,20,22)/t19-/m0/s1. The average Bonchev–Trinajstić information content (AvgIpc) is 2.60. The van der Waals surface area contributed by atoms with Gasteiger partial charge < -0.3 is 19.5 Å². The summed E-state index contributed by atoms with van der Waals surface area (Å²) in [5.74, 6) is -0.327. The molecule has 0 aromatic heterocycles. The lowest BCUT2D eigenvalue weighted by Gasteiger charge is -2.28. The van der Waals surface area contributed by atoms with Crippen LogP contribution < -0.4 is 10.1 Å². The minimum absolute atomic E-state index is 0.234. The Morgan fingerprint density at radius 2 is 1.88 bits per heavy atom. The van der Waals surface area contributed by atoms with Crippen molar-refractivity contribution in [1.29, 1.82) is 0 Å². The summed E-state index contributed by atoms with van der Waals surface area (Å²) in [6.07, 6.45) is 2.27. The summed E-state index contributed by atoms with van der Waals surface area (Å²) in [5, 5.41) is 2.84. The molecule has 1 N–H and O–H groups in total. The summed E-state index contributed by atoms with van der Waals surface area (Å²) >= 11 is 0. The SMILES string of the molecule is CCCO[C@@](C)(CCC)C(=O)Nc1ccc(OC)c(C(=O)OCC)c1. The number of anilines is 1. The second-order valence-corrected chi connectivity index (χ2v) is 5.92. The number of benzene rings is 1. The molecule has 140 valence electrons. The molecular weight excluding hydrogens is 322 g/mol. The number of carbonyl (C=O) groups excluding carboxylic acids is 2. The zero-order chi connectivity index (χ0) is 18.9. The summed E-state index contributed by atoms with van der Waals surface area (Å²) < 4.78 is 16.0. The highest BCUT2D eigenvalue weighted by atomic mass is 16.5. The van der Waals surface area contributed by atoms with Crippen LogP contribution in [0.5, 0.6) is 5.75 Å². The van der Waals surface area contributed by atoms with Crippen LogP contribution in [0, 0.1) is 0 Å². The number of methoxy groups -OCH3 is 1. The minimum Gasteiger partial charge on any atom is -0.496 e. The van der Waals surface area contributed by atoms with E-state index in [0.717, 1.165) is 12.8 Å². The number of hydrogen-bond acceptors (Lipinski definition) is 5. The van der Waals surface area contributed by atoms with Crippen molar-refractivity contribution >= 4 is 17.6 Å². The Hall–Kier alpha value is -2.08. The van der Waals surface area contributed by atoms with Gasteiger partial charge in [-0.15, -0.1) is 0 Å². The third-order valence-electron chi connectivity index (χ3n) is 3.78. The Kier molecular flexibility index (Phi) is 8.41. The van der Waals surface area contributed by atoms with E-state index in [1.807, 2.05) is 13.8 Å². The van der Waals surface area contributed by atoms with Crippen LogP contribution in [0.3, 0.4) is 0 Å². The van der Waals surface area contributed by atoms with Gasteiger partial charge in [0.25, 0.3) is 5.91 Å². The number of hydrogen-bond donors (Lipinski definition) is 1. The fourth-order valence-corrected chi connectivity index (χ4v) is 2.47. The fourth-order valence-electron chi connectivity index (χ4n) is 2.47. The van der Waals surface area contributed by atoms with Crippen LogP contribution in [-0.4, -0.2) is 37.8 Å². The van der Waals surface area contributed by atoms with Gasteiger partial charge in [0.15, 0.2) is 0 Å². The molecule has 1 rings (SSSR count). The predicted molar refractivity (Wildman–Crippen MR) is 97.1 cm³/mol. The van der Waals surface area contributed by atoms with Gasteiger partial charge in [0, 0.05) is 12.3 Å². The predicted octanol–water partition coefficient (Wildman–Crippen LogP) is 3.80. The number of rotatable bonds is 10. The third kappa shape index (κ3) is 5.74. The minimum atomic E-state index is -0.908. The zero-order valence-electron chi connectivity index (χ0n) is 15.8. The monoisotopic (exact) mass is 351 g/mol. The quantitative estimate of drug-likeness (QED) is 0.649. The first-order chi connectivity index (χ1) is 11.9. The number of nitrogens with one attached hydrogen (secondary N) is 1. The zero-order valence-corrected chi connectivity index (χ0v) is 15.8. The lowest BCUT2D eigenvalue weighted by molar-refractivity contribution is -0.140. The second kappa shape index (κ2) is 10.0. The van der Waals surface area contributed by atoms with Gasteiger partial charge in [0.2, 0.25) is 0 Å². The van der Waals surface area contributed by atoms with Gasteiger partial charge in [0.1, 0.15) is 16.9 Å². The maximum Gasteiger partial charge on any atom is 0.341 e. The topological polar surface area (TPSA) is 73.9 Å². The molecule has 1 atom stereocenters. The molecule has 1 aromatic carbocycles. The largest absolute Gasteiger partial charge is 0.496 e. The Balaban J connectivity index is 3.02. The van der Waals surface area contributed by atoms with Crippen molar-refractivity contribution in [3.63, 3.8) is 0 Å². The summed E-state index contributed by atoms with van der Waals surface area (Å²) in [4.78, 5) is 24.8. The van der Waals surface area contributed by atoms with Crippen LogP contribution in [0.2, 0.25) is 0 Å². The van der Waals surface area contributed by atoms with E-state index >= 15 is 0 Å². The van der Waals surface area contributed by atoms with Crippen molar-refractivity contribution in [2.24, 2.45) is 0 Å². The molecule has 0 spiro atoms. The van der Waals surface area contributed by atoms with E-state index in [9.17, 15) is 9.59 Å². The lowest BCUT2D eigenvalue weighted by atomic mass is 9.98. The second-order valence-electron chi connectivity index (χ2n) is 5.92. The number of ether oxygens (including phenoxy) is 3. The summed E-state index contributed by atoms with van der Waals surface area (Å²) in [5.41, 5.74) is -0.139. The van der Waals surface area contributed by atoms with Crippen LogP contribution in [0.4, 0.5) is 5.69 Å². The van der Waals surface area contributed by atoms with Gasteiger partial charge in [-0.25, -0.2) is 4.79 Å². The van der Waals surface area contributed by atoms with E-state index in [4.69, 9.17) is 14.2 Å². The molecule has 0 aliphatic heterocycles. The van der Waals surface area contributed by atoms with Crippen molar-refractivity contribution in [3.05, 3.63) is 23.8 Å². The van der Waals surface area contributed by atoms with Crippen LogP contribution >= 0.6 is 0 Å². The molecule has 6 nitrogen and oxygen atoms in total. The number of carbonyl (C=O) groups is 2. The van der Waals surface area contributed by atoms with Gasteiger partial charge in [-0.2, -0.15) is 0 Å². The van der Waals surface area contributed by atoms with Gasteiger partial charge in [-0.1, -0.05) is 20.3 Å². The first-order valence-electron chi connectivity index (χ1n) is 8.72. The van der Waals surface area contributed by atoms with E-state index in [-0.39, 0.29) is 18.1 Å². The van der Waals surface area contributed by atoms with Crippen LogP contribution in [0.25, 0.3) is 0 Å². The molecule has 0 saturated heterocycles. The first kappa shape index (κ1) is 21.0. The van der Waals surface area contributed by atoms with Crippen molar-refractivity contribution in [2.45, 2.75) is 52.6 Å². The molecule has 0 saturated carbocycles. The van der Waals surface area contributed by atoms with Crippen molar-refractivity contribution in [3.8, 4) is 5.75 Å². The highest BCUT2D eigenvalue weighted by Crippen LogP contribution is 2.26. The number of amides is 1. The molecule has 0 radical (unpaired) electrons. The summed E-state index contributed by atoms with van der Waals surface area (Å²) in [6, 6.07) is 4.87. The molecular formula is C19H29NO5. The molecule has 6 heteroatoms. The molecule has 1 amide bonds. The van der Waals surface area contributed by atoms with Crippen molar-refractivity contribution in [2.75, 3.05) is 25.6 Å². The van der Waals surface area contributed by atoms with Crippen LogP contribution in [0.1, 0.15) is 57.3 Å². The van der Waals surface area contributed by atoms with Crippen molar-refractivity contribution in [1.82, 2.24) is 0 Å². The molecule has 0 bridgehead atoms. The van der Waals surface area contributed by atoms with Gasteiger partial charge in [-0.05, 0) is 44.9 Å². The number of esters is 1. The van der Waals surface area contributed by atoms with Crippen LogP contribution in [-0.2, 0) is 14.3 Å². The summed E-state index contributed by atoms with van der Waals surface area (Å²) in [7, 11) is 1.48. The average molecular weight is 351 g/mol. The molecule has 0 fully saturated rings. The van der Waals surface area contributed by atoms with E-state index in [0.29, 0.717) is 24.5 Å². The fraction of sp³-hybridized carbons (Fsp3) is 0.579. The van der Waals surface area contributed by atoms with Crippen LogP contribution in [0.15, 0.2) is 18.2 Å². The molecule has 0 aliphatic carbocycles. The Morgan fingerprint density at radius 1 is 1.16 bits per heavy atom. The van der Waals surface area contributed by atoms with Gasteiger partial charge >= 0.3 is 5.97 Å². The van der Waals surface area contributed by atoms with Gasteiger partial charge in [-0.3, -0.25) is 4.79 Å². The maximum atomic E-state index is 12.7. The Labute approximate surface area is 149 Å². The normalized spacial score (nSPS) is 13.0. The Bertz CT molecular complexity index is 587. The van der Waals surface area contributed by atoms with E-state index in [1.54, 1.807) is 32.0 Å². The highest BCUT2D eigenvalue weighted by Gasteiger charge is 2.33. The summed E-state index contributed by atoms with van der Waals surface area (Å²) in [6.45, 7) is 8.31. The first-order valence-corrected chi connectivity index (χ1v) is 8.72. The lowest BCUT2D eigenvalue weighted by Crippen LogP contribution is -2.43. The molecule has 0 aliphatic rings. The smallest absolute Gasteiger partial charge is 0.341 e. The third-order valence-corrected chi connectivity index (χ3v) is 3.78. The van der Waals surface area contributed by atoms with E-state index < -0.39 is 11.6 Å². The van der Waals surface area contributed by atoms with E-state index in [1.165, 1.54) is 7.11 Å². The maximum absolute atomic E-state index is 12.7. The molecule has 0 heterocycles. The van der Waals surface area contributed by atoms with E-state index in [2.05, 4.69) is 5.32 Å². The molecule has 0 unspecified atom stereocenters.